The van der Waals surface area contributed by atoms with Crippen LogP contribution in [0.2, 0.25) is 5.02 Å². The Morgan fingerprint density at radius 3 is 2.68 bits per heavy atom. The Kier molecular flexibility index (Phi) is 4.56. The van der Waals surface area contributed by atoms with E-state index in [2.05, 4.69) is 6.92 Å². The molecule has 0 saturated carbocycles. The average molecular weight is 278 g/mol. The first-order chi connectivity index (χ1) is 9.11. The molecule has 0 aliphatic carbocycles. The zero-order valence-corrected chi connectivity index (χ0v) is 11.6. The van der Waals surface area contributed by atoms with Crippen LogP contribution in [-0.4, -0.2) is 6.54 Å². The summed E-state index contributed by atoms with van der Waals surface area (Å²) < 4.78 is 14.0. The first-order valence-corrected chi connectivity index (χ1v) is 6.75. The van der Waals surface area contributed by atoms with Crippen LogP contribution in [0, 0.1) is 5.82 Å². The molecule has 100 valence electrons. The Labute approximate surface area is 118 Å². The van der Waals surface area contributed by atoms with Crippen LogP contribution in [0.4, 0.5) is 4.39 Å². The fourth-order valence-electron chi connectivity index (χ4n) is 2.14. The standard InChI is InChI=1S/C16H17ClFN/c1-11(7-8-19)12-5-6-16(18)15(10-12)13-3-2-4-14(17)9-13/h2-6,9-11H,7-8,19H2,1H3. The van der Waals surface area contributed by atoms with E-state index in [4.69, 9.17) is 17.3 Å². The number of halogens is 2. The Bertz CT molecular complexity index is 568. The minimum atomic E-state index is -0.231. The molecule has 0 amide bonds. The maximum absolute atomic E-state index is 14.0. The number of benzene rings is 2. The van der Waals surface area contributed by atoms with Crippen molar-refractivity contribution >= 4 is 11.6 Å². The lowest BCUT2D eigenvalue weighted by atomic mass is 9.94. The molecule has 1 unspecified atom stereocenters. The van der Waals surface area contributed by atoms with E-state index in [0.29, 0.717) is 23.0 Å². The number of hydrogen-bond donors (Lipinski definition) is 1. The van der Waals surface area contributed by atoms with Crippen LogP contribution in [0.3, 0.4) is 0 Å². The lowest BCUT2D eigenvalue weighted by Gasteiger charge is -2.13. The van der Waals surface area contributed by atoms with Crippen molar-refractivity contribution in [2.45, 2.75) is 19.3 Å². The molecule has 0 fully saturated rings. The quantitative estimate of drug-likeness (QED) is 0.868. The summed E-state index contributed by atoms with van der Waals surface area (Å²) in [4.78, 5) is 0. The van der Waals surface area contributed by atoms with Gasteiger partial charge in [0.25, 0.3) is 0 Å². The third-order valence-corrected chi connectivity index (χ3v) is 3.53. The predicted molar refractivity (Wildman–Crippen MR) is 78.9 cm³/mol. The van der Waals surface area contributed by atoms with Crippen molar-refractivity contribution in [3.63, 3.8) is 0 Å². The normalized spacial score (nSPS) is 12.4. The van der Waals surface area contributed by atoms with Gasteiger partial charge < -0.3 is 5.73 Å². The van der Waals surface area contributed by atoms with E-state index >= 15 is 0 Å². The second-order valence-electron chi connectivity index (χ2n) is 4.73. The Morgan fingerprint density at radius 2 is 2.00 bits per heavy atom. The van der Waals surface area contributed by atoms with Crippen LogP contribution in [0.15, 0.2) is 42.5 Å². The Balaban J connectivity index is 2.42. The molecular weight excluding hydrogens is 261 g/mol. The van der Waals surface area contributed by atoms with Gasteiger partial charge in [-0.05, 0) is 54.3 Å². The molecular formula is C16H17ClFN. The molecule has 1 atom stereocenters. The fraction of sp³-hybridized carbons (Fsp3) is 0.250. The van der Waals surface area contributed by atoms with Gasteiger partial charge in [-0.15, -0.1) is 0 Å². The topological polar surface area (TPSA) is 26.0 Å². The summed E-state index contributed by atoms with van der Waals surface area (Å²) in [5, 5.41) is 0.609. The van der Waals surface area contributed by atoms with Crippen LogP contribution in [-0.2, 0) is 0 Å². The zero-order chi connectivity index (χ0) is 13.8. The summed E-state index contributed by atoms with van der Waals surface area (Å²) in [5.74, 6) is 0.0921. The molecule has 0 aromatic heterocycles. The molecule has 2 N–H and O–H groups in total. The van der Waals surface area contributed by atoms with E-state index in [1.54, 1.807) is 12.1 Å². The lowest BCUT2D eigenvalue weighted by Crippen LogP contribution is -2.04. The van der Waals surface area contributed by atoms with Crippen LogP contribution in [0.1, 0.15) is 24.8 Å². The van der Waals surface area contributed by atoms with E-state index in [0.717, 1.165) is 17.5 Å². The van der Waals surface area contributed by atoms with E-state index in [-0.39, 0.29) is 5.82 Å². The van der Waals surface area contributed by atoms with Gasteiger partial charge in [-0.2, -0.15) is 0 Å². The summed E-state index contributed by atoms with van der Waals surface area (Å²) in [5.41, 5.74) is 8.06. The first-order valence-electron chi connectivity index (χ1n) is 6.37. The zero-order valence-electron chi connectivity index (χ0n) is 10.9. The van der Waals surface area contributed by atoms with Gasteiger partial charge in [0.1, 0.15) is 5.82 Å². The highest BCUT2D eigenvalue weighted by Gasteiger charge is 2.10. The number of rotatable bonds is 4. The van der Waals surface area contributed by atoms with Crippen LogP contribution < -0.4 is 5.73 Å². The van der Waals surface area contributed by atoms with Crippen molar-refractivity contribution in [3.05, 3.63) is 58.9 Å². The summed E-state index contributed by atoms with van der Waals surface area (Å²) >= 11 is 5.96. The van der Waals surface area contributed by atoms with Crippen molar-refractivity contribution in [1.82, 2.24) is 0 Å². The lowest BCUT2D eigenvalue weighted by molar-refractivity contribution is 0.627. The first kappa shape index (κ1) is 14.0. The van der Waals surface area contributed by atoms with E-state index in [1.807, 2.05) is 24.3 Å². The molecule has 0 heterocycles. The van der Waals surface area contributed by atoms with Crippen molar-refractivity contribution in [2.24, 2.45) is 5.73 Å². The van der Waals surface area contributed by atoms with Crippen LogP contribution in [0.5, 0.6) is 0 Å². The van der Waals surface area contributed by atoms with Crippen molar-refractivity contribution < 1.29 is 4.39 Å². The molecule has 0 radical (unpaired) electrons. The van der Waals surface area contributed by atoms with E-state index in [9.17, 15) is 4.39 Å². The second-order valence-corrected chi connectivity index (χ2v) is 5.16. The third kappa shape index (κ3) is 3.34. The summed E-state index contributed by atoms with van der Waals surface area (Å²) in [6.07, 6.45) is 0.890. The van der Waals surface area contributed by atoms with Crippen LogP contribution >= 0.6 is 11.6 Å². The molecule has 2 rings (SSSR count). The number of hydrogen-bond acceptors (Lipinski definition) is 1. The molecule has 0 aliphatic heterocycles. The Hall–Kier alpha value is -1.38. The predicted octanol–water partition coefficient (Wildman–Crippen LogP) is 4.60. The van der Waals surface area contributed by atoms with Gasteiger partial charge in [0, 0.05) is 10.6 Å². The van der Waals surface area contributed by atoms with Gasteiger partial charge in [-0.1, -0.05) is 36.7 Å². The average Bonchev–Trinajstić information content (AvgIpc) is 2.39. The second kappa shape index (κ2) is 6.18. The SMILES string of the molecule is CC(CCN)c1ccc(F)c(-c2cccc(Cl)c2)c1. The summed E-state index contributed by atoms with van der Waals surface area (Å²) in [7, 11) is 0. The fourth-order valence-corrected chi connectivity index (χ4v) is 2.33. The smallest absolute Gasteiger partial charge is 0.131 e. The molecule has 2 aromatic carbocycles. The molecule has 0 bridgehead atoms. The summed E-state index contributed by atoms with van der Waals surface area (Å²) in [6.45, 7) is 2.73. The number of nitrogens with two attached hydrogens (primary N) is 1. The maximum atomic E-state index is 14.0. The summed E-state index contributed by atoms with van der Waals surface area (Å²) in [6, 6.07) is 12.5. The van der Waals surface area contributed by atoms with Crippen LogP contribution in [0.25, 0.3) is 11.1 Å². The minimum Gasteiger partial charge on any atom is -0.330 e. The van der Waals surface area contributed by atoms with Gasteiger partial charge in [0.05, 0.1) is 0 Å². The molecule has 19 heavy (non-hydrogen) atoms. The van der Waals surface area contributed by atoms with Crippen molar-refractivity contribution in [2.75, 3.05) is 6.54 Å². The van der Waals surface area contributed by atoms with Crippen molar-refractivity contribution in [3.8, 4) is 11.1 Å². The molecule has 0 spiro atoms. The molecule has 3 heteroatoms. The van der Waals surface area contributed by atoms with E-state index in [1.165, 1.54) is 6.07 Å². The molecule has 0 aliphatic rings. The maximum Gasteiger partial charge on any atom is 0.131 e. The third-order valence-electron chi connectivity index (χ3n) is 3.29. The molecule has 0 saturated heterocycles. The monoisotopic (exact) mass is 277 g/mol. The molecule has 1 nitrogen and oxygen atoms in total. The van der Waals surface area contributed by atoms with E-state index < -0.39 is 0 Å². The highest BCUT2D eigenvalue weighted by Crippen LogP contribution is 2.29. The van der Waals surface area contributed by atoms with Gasteiger partial charge in [0.15, 0.2) is 0 Å². The minimum absolute atomic E-state index is 0.231. The van der Waals surface area contributed by atoms with Crippen molar-refractivity contribution in [1.29, 1.82) is 0 Å². The molecule has 2 aromatic rings. The Morgan fingerprint density at radius 1 is 1.21 bits per heavy atom. The van der Waals surface area contributed by atoms with Gasteiger partial charge in [-0.3, -0.25) is 0 Å². The highest BCUT2D eigenvalue weighted by atomic mass is 35.5. The highest BCUT2D eigenvalue weighted by molar-refractivity contribution is 6.30. The van der Waals surface area contributed by atoms with Gasteiger partial charge >= 0.3 is 0 Å². The van der Waals surface area contributed by atoms with Gasteiger partial charge in [0.2, 0.25) is 0 Å². The van der Waals surface area contributed by atoms with Gasteiger partial charge in [-0.25, -0.2) is 4.39 Å². The largest absolute Gasteiger partial charge is 0.330 e.